The molecule has 2 heterocycles. The Morgan fingerprint density at radius 3 is 2.81 bits per heavy atom. The van der Waals surface area contributed by atoms with Crippen molar-refractivity contribution in [3.05, 3.63) is 63.7 Å². The maximum atomic E-state index is 6.12. The number of nitrogens with zero attached hydrogens (tertiary/aromatic N) is 2. The molecular formula is C21H21ClN2O2S. The SMILES string of the molecule is COc1ccc(-c2csc(=Nc3cccc(Cl)c3)n2CC2CCCO2)cc1. The van der Waals surface area contributed by atoms with Gasteiger partial charge in [0, 0.05) is 17.0 Å². The first-order chi connectivity index (χ1) is 13.2. The van der Waals surface area contributed by atoms with Gasteiger partial charge in [-0.1, -0.05) is 17.7 Å². The first kappa shape index (κ1) is 18.3. The third kappa shape index (κ3) is 4.26. The minimum Gasteiger partial charge on any atom is -0.497 e. The van der Waals surface area contributed by atoms with E-state index in [2.05, 4.69) is 22.1 Å². The smallest absolute Gasteiger partial charge is 0.190 e. The molecule has 0 bridgehead atoms. The van der Waals surface area contributed by atoms with Crippen LogP contribution in [0.2, 0.25) is 5.02 Å². The second-order valence-corrected chi connectivity index (χ2v) is 7.74. The molecule has 0 radical (unpaired) electrons. The van der Waals surface area contributed by atoms with Crippen LogP contribution in [0.4, 0.5) is 5.69 Å². The van der Waals surface area contributed by atoms with Crippen LogP contribution in [-0.4, -0.2) is 24.4 Å². The highest BCUT2D eigenvalue weighted by molar-refractivity contribution is 7.07. The number of hydrogen-bond donors (Lipinski definition) is 0. The van der Waals surface area contributed by atoms with Crippen LogP contribution in [0.3, 0.4) is 0 Å². The summed E-state index contributed by atoms with van der Waals surface area (Å²) in [5.74, 6) is 0.850. The zero-order valence-electron chi connectivity index (χ0n) is 15.1. The molecule has 1 aliphatic rings. The molecule has 0 saturated carbocycles. The van der Waals surface area contributed by atoms with E-state index in [1.165, 1.54) is 0 Å². The van der Waals surface area contributed by atoms with Crippen molar-refractivity contribution in [1.82, 2.24) is 4.57 Å². The highest BCUT2D eigenvalue weighted by atomic mass is 35.5. The summed E-state index contributed by atoms with van der Waals surface area (Å²) < 4.78 is 13.4. The average Bonchev–Trinajstić information content (AvgIpc) is 3.33. The fourth-order valence-corrected chi connectivity index (χ4v) is 4.36. The van der Waals surface area contributed by atoms with Crippen LogP contribution in [-0.2, 0) is 11.3 Å². The highest BCUT2D eigenvalue weighted by Gasteiger charge is 2.19. The minimum atomic E-state index is 0.231. The summed E-state index contributed by atoms with van der Waals surface area (Å²) >= 11 is 7.75. The molecule has 140 valence electrons. The molecule has 4 nitrogen and oxygen atoms in total. The molecule has 0 N–H and O–H groups in total. The number of ether oxygens (including phenoxy) is 2. The zero-order valence-corrected chi connectivity index (χ0v) is 16.7. The van der Waals surface area contributed by atoms with Gasteiger partial charge in [-0.05, 0) is 60.9 Å². The van der Waals surface area contributed by atoms with Gasteiger partial charge in [-0.2, -0.15) is 0 Å². The molecule has 1 atom stereocenters. The number of methoxy groups -OCH3 is 1. The van der Waals surface area contributed by atoms with Crippen LogP contribution in [0.25, 0.3) is 11.3 Å². The Bertz CT molecular complexity index is 972. The molecule has 1 unspecified atom stereocenters. The number of halogens is 1. The van der Waals surface area contributed by atoms with E-state index in [4.69, 9.17) is 26.1 Å². The summed E-state index contributed by atoms with van der Waals surface area (Å²) in [6, 6.07) is 15.8. The van der Waals surface area contributed by atoms with Crippen molar-refractivity contribution >= 4 is 28.6 Å². The number of thiazole rings is 1. The summed E-state index contributed by atoms with van der Waals surface area (Å²) in [7, 11) is 1.68. The maximum absolute atomic E-state index is 6.12. The first-order valence-electron chi connectivity index (χ1n) is 8.97. The molecule has 0 aliphatic carbocycles. The average molecular weight is 401 g/mol. The van der Waals surface area contributed by atoms with Crippen molar-refractivity contribution in [3.8, 4) is 17.0 Å². The number of aromatic nitrogens is 1. The van der Waals surface area contributed by atoms with Gasteiger partial charge >= 0.3 is 0 Å². The van der Waals surface area contributed by atoms with Crippen LogP contribution >= 0.6 is 22.9 Å². The Labute approximate surface area is 167 Å². The van der Waals surface area contributed by atoms with Crippen LogP contribution in [0.15, 0.2) is 58.9 Å². The summed E-state index contributed by atoms with van der Waals surface area (Å²) in [5.41, 5.74) is 3.13. The van der Waals surface area contributed by atoms with Crippen molar-refractivity contribution in [2.45, 2.75) is 25.5 Å². The summed E-state index contributed by atoms with van der Waals surface area (Å²) in [6.45, 7) is 1.64. The molecule has 6 heteroatoms. The van der Waals surface area contributed by atoms with E-state index in [1.54, 1.807) is 18.4 Å². The van der Waals surface area contributed by atoms with Crippen LogP contribution in [0.5, 0.6) is 5.75 Å². The second kappa shape index (κ2) is 8.30. The quantitative estimate of drug-likeness (QED) is 0.583. The third-order valence-corrected chi connectivity index (χ3v) is 5.73. The predicted octanol–water partition coefficient (Wildman–Crippen LogP) is 5.29. The van der Waals surface area contributed by atoms with Gasteiger partial charge in [-0.15, -0.1) is 11.3 Å². The summed E-state index contributed by atoms with van der Waals surface area (Å²) in [4.78, 5) is 5.78. The molecule has 1 aromatic heterocycles. The van der Waals surface area contributed by atoms with E-state index in [1.807, 2.05) is 36.4 Å². The molecule has 4 rings (SSSR count). The lowest BCUT2D eigenvalue weighted by molar-refractivity contribution is 0.0968. The van der Waals surface area contributed by atoms with Gasteiger partial charge < -0.3 is 14.0 Å². The van der Waals surface area contributed by atoms with Crippen LogP contribution < -0.4 is 9.54 Å². The number of rotatable bonds is 5. The maximum Gasteiger partial charge on any atom is 0.190 e. The van der Waals surface area contributed by atoms with Crippen molar-refractivity contribution in [2.75, 3.05) is 13.7 Å². The molecule has 27 heavy (non-hydrogen) atoms. The minimum absolute atomic E-state index is 0.231. The lowest BCUT2D eigenvalue weighted by Gasteiger charge is -2.14. The topological polar surface area (TPSA) is 35.8 Å². The Morgan fingerprint density at radius 1 is 1.26 bits per heavy atom. The summed E-state index contributed by atoms with van der Waals surface area (Å²) in [5, 5.41) is 2.84. The standard InChI is InChI=1S/C21H21ClN2O2S/c1-25-18-9-7-15(8-10-18)20-14-27-21(23-17-5-2-4-16(22)12-17)24(20)13-19-6-3-11-26-19/h2,4-5,7-10,12,14,19H,3,6,11,13H2,1H3. The van der Waals surface area contributed by atoms with Gasteiger partial charge in [0.25, 0.3) is 0 Å². The Balaban J connectivity index is 1.77. The van der Waals surface area contributed by atoms with Crippen molar-refractivity contribution in [3.63, 3.8) is 0 Å². The Kier molecular flexibility index (Phi) is 5.62. The number of benzene rings is 2. The van der Waals surface area contributed by atoms with Crippen LogP contribution in [0, 0.1) is 0 Å². The Morgan fingerprint density at radius 2 is 2.11 bits per heavy atom. The predicted molar refractivity (Wildman–Crippen MR) is 110 cm³/mol. The zero-order chi connectivity index (χ0) is 18.6. The molecule has 1 saturated heterocycles. The molecule has 1 fully saturated rings. The third-order valence-electron chi connectivity index (χ3n) is 4.63. The van der Waals surface area contributed by atoms with E-state index in [0.29, 0.717) is 5.02 Å². The fraction of sp³-hybridized carbons (Fsp3) is 0.286. The van der Waals surface area contributed by atoms with Gasteiger partial charge in [0.15, 0.2) is 4.80 Å². The molecule has 3 aromatic rings. The molecule has 1 aliphatic heterocycles. The molecule has 0 spiro atoms. The summed E-state index contributed by atoms with van der Waals surface area (Å²) in [6.07, 6.45) is 2.44. The van der Waals surface area contributed by atoms with Gasteiger partial charge in [0.2, 0.25) is 0 Å². The van der Waals surface area contributed by atoms with Crippen molar-refractivity contribution in [1.29, 1.82) is 0 Å². The van der Waals surface area contributed by atoms with E-state index >= 15 is 0 Å². The van der Waals surface area contributed by atoms with Crippen LogP contribution in [0.1, 0.15) is 12.8 Å². The largest absolute Gasteiger partial charge is 0.497 e. The van der Waals surface area contributed by atoms with Gasteiger partial charge in [0.1, 0.15) is 5.75 Å². The van der Waals surface area contributed by atoms with E-state index in [9.17, 15) is 0 Å². The monoisotopic (exact) mass is 400 g/mol. The van der Waals surface area contributed by atoms with Crippen molar-refractivity contribution < 1.29 is 9.47 Å². The van der Waals surface area contributed by atoms with E-state index in [0.717, 1.165) is 53.5 Å². The second-order valence-electron chi connectivity index (χ2n) is 6.47. The van der Waals surface area contributed by atoms with Gasteiger partial charge in [-0.3, -0.25) is 0 Å². The number of hydrogen-bond acceptors (Lipinski definition) is 4. The highest BCUT2D eigenvalue weighted by Crippen LogP contribution is 2.25. The van der Waals surface area contributed by atoms with Gasteiger partial charge in [-0.25, -0.2) is 4.99 Å². The molecular weight excluding hydrogens is 380 g/mol. The lowest BCUT2D eigenvalue weighted by Crippen LogP contribution is -2.24. The molecule has 2 aromatic carbocycles. The fourth-order valence-electron chi connectivity index (χ4n) is 3.24. The molecule has 0 amide bonds. The van der Waals surface area contributed by atoms with E-state index < -0.39 is 0 Å². The van der Waals surface area contributed by atoms with E-state index in [-0.39, 0.29) is 6.10 Å². The normalized spacial score (nSPS) is 17.4. The first-order valence-corrected chi connectivity index (χ1v) is 10.2. The lowest BCUT2D eigenvalue weighted by atomic mass is 10.1. The van der Waals surface area contributed by atoms with Crippen molar-refractivity contribution in [2.24, 2.45) is 4.99 Å². The Hall–Kier alpha value is -2.08. The van der Waals surface area contributed by atoms with Gasteiger partial charge in [0.05, 0.1) is 31.1 Å².